The second-order valence-electron chi connectivity index (χ2n) is 4.12. The topological polar surface area (TPSA) is 83.8 Å². The lowest BCUT2D eigenvalue weighted by Crippen LogP contribution is -2.24. The number of nitrogens with zero attached hydrogens (tertiary/aromatic N) is 2. The first-order valence-electron chi connectivity index (χ1n) is 6.02. The van der Waals surface area contributed by atoms with Crippen LogP contribution in [0.5, 0.6) is 0 Å². The van der Waals surface area contributed by atoms with Gasteiger partial charge in [0.2, 0.25) is 0 Å². The van der Waals surface area contributed by atoms with E-state index in [2.05, 4.69) is 20.3 Å². The van der Waals surface area contributed by atoms with E-state index < -0.39 is 0 Å². The van der Waals surface area contributed by atoms with Gasteiger partial charge in [0.25, 0.3) is 5.91 Å². The average molecular weight is 288 g/mol. The Morgan fingerprint density at radius 3 is 3.15 bits per heavy atom. The zero-order valence-corrected chi connectivity index (χ0v) is 11.5. The Bertz CT molecular complexity index is 701. The smallest absolute Gasteiger partial charge is 0.271 e. The third kappa shape index (κ3) is 2.48. The molecule has 0 aliphatic carbocycles. The molecule has 0 atom stereocenters. The summed E-state index contributed by atoms with van der Waals surface area (Å²) in [5.74, 6) is 1.16. The summed E-state index contributed by atoms with van der Waals surface area (Å²) in [7, 11) is 0. The van der Waals surface area contributed by atoms with E-state index in [0.29, 0.717) is 28.8 Å². The number of carbonyl (C=O) groups is 1. The summed E-state index contributed by atoms with van der Waals surface area (Å²) < 4.78 is 5.29. The number of thiazole rings is 1. The molecule has 0 aliphatic heterocycles. The van der Waals surface area contributed by atoms with Crippen LogP contribution in [0.2, 0.25) is 0 Å². The maximum atomic E-state index is 12.1. The molecule has 0 saturated carbocycles. The number of hydrogen-bond donors (Lipinski definition) is 2. The number of imidazole rings is 1. The number of rotatable bonds is 4. The fourth-order valence-corrected chi connectivity index (χ4v) is 2.63. The molecule has 3 aromatic heterocycles. The predicted octanol–water partition coefficient (Wildman–Crippen LogP) is 2.36. The van der Waals surface area contributed by atoms with Gasteiger partial charge in [0.05, 0.1) is 12.8 Å². The molecule has 20 heavy (non-hydrogen) atoms. The van der Waals surface area contributed by atoms with Crippen molar-refractivity contribution in [2.24, 2.45) is 0 Å². The van der Waals surface area contributed by atoms with Crippen LogP contribution in [0.3, 0.4) is 0 Å². The minimum Gasteiger partial charge on any atom is -0.462 e. The first-order chi connectivity index (χ1) is 9.74. The molecule has 7 heteroatoms. The molecule has 0 fully saturated rings. The van der Waals surface area contributed by atoms with E-state index in [-0.39, 0.29) is 5.91 Å². The lowest BCUT2D eigenvalue weighted by atomic mass is 10.3. The Morgan fingerprint density at radius 1 is 1.55 bits per heavy atom. The van der Waals surface area contributed by atoms with Gasteiger partial charge >= 0.3 is 0 Å². The normalized spacial score (nSPS) is 10.7. The number of furan rings is 1. The Labute approximate surface area is 118 Å². The van der Waals surface area contributed by atoms with Crippen LogP contribution in [0.4, 0.5) is 0 Å². The second-order valence-corrected chi connectivity index (χ2v) is 5.32. The molecule has 3 heterocycles. The van der Waals surface area contributed by atoms with Gasteiger partial charge in [-0.15, -0.1) is 11.3 Å². The summed E-state index contributed by atoms with van der Waals surface area (Å²) >= 11 is 1.43. The van der Waals surface area contributed by atoms with E-state index >= 15 is 0 Å². The van der Waals surface area contributed by atoms with Crippen LogP contribution in [-0.2, 0) is 6.54 Å². The van der Waals surface area contributed by atoms with Gasteiger partial charge in [-0.1, -0.05) is 0 Å². The Morgan fingerprint density at radius 2 is 2.45 bits per heavy atom. The van der Waals surface area contributed by atoms with E-state index in [1.165, 1.54) is 11.3 Å². The zero-order valence-electron chi connectivity index (χ0n) is 10.7. The molecule has 6 nitrogen and oxygen atoms in total. The summed E-state index contributed by atoms with van der Waals surface area (Å²) in [5.41, 5.74) is 0.424. The van der Waals surface area contributed by atoms with Crippen LogP contribution in [0.25, 0.3) is 10.8 Å². The molecule has 102 valence electrons. The number of nitrogens with one attached hydrogen (secondary N) is 2. The van der Waals surface area contributed by atoms with Gasteiger partial charge in [-0.3, -0.25) is 4.79 Å². The highest BCUT2D eigenvalue weighted by Crippen LogP contribution is 2.27. The standard InChI is InChI=1S/C13H12N4O2S/c1-8-11(12(18)16-7-10-14-4-5-15-10)17-13(20-8)9-3-2-6-19-9/h2-6H,7H2,1H3,(H,14,15)(H,16,18). The minimum atomic E-state index is -0.215. The molecule has 2 N–H and O–H groups in total. The summed E-state index contributed by atoms with van der Waals surface area (Å²) in [4.78, 5) is 24.3. The van der Waals surface area contributed by atoms with Gasteiger partial charge in [-0.2, -0.15) is 0 Å². The molecule has 3 aromatic rings. The number of aryl methyl sites for hydroxylation is 1. The van der Waals surface area contributed by atoms with E-state index in [4.69, 9.17) is 4.42 Å². The highest BCUT2D eigenvalue weighted by molar-refractivity contribution is 7.15. The summed E-state index contributed by atoms with van der Waals surface area (Å²) in [6.07, 6.45) is 4.94. The average Bonchev–Trinajstić information content (AvgIpc) is 3.17. The van der Waals surface area contributed by atoms with E-state index in [0.717, 1.165) is 4.88 Å². The van der Waals surface area contributed by atoms with Gasteiger partial charge in [-0.05, 0) is 19.1 Å². The van der Waals surface area contributed by atoms with Crippen LogP contribution >= 0.6 is 11.3 Å². The lowest BCUT2D eigenvalue weighted by Gasteiger charge is -2.01. The number of hydrogen-bond acceptors (Lipinski definition) is 5. The molecule has 0 saturated heterocycles. The maximum Gasteiger partial charge on any atom is 0.271 e. The molecule has 0 aromatic carbocycles. The van der Waals surface area contributed by atoms with Crippen molar-refractivity contribution in [2.45, 2.75) is 13.5 Å². The molecular weight excluding hydrogens is 276 g/mol. The van der Waals surface area contributed by atoms with Crippen molar-refractivity contribution in [1.82, 2.24) is 20.3 Å². The molecular formula is C13H12N4O2S. The summed E-state index contributed by atoms with van der Waals surface area (Å²) in [6.45, 7) is 2.21. The summed E-state index contributed by atoms with van der Waals surface area (Å²) in [5, 5.41) is 3.49. The quantitative estimate of drug-likeness (QED) is 0.772. The van der Waals surface area contributed by atoms with Gasteiger partial charge < -0.3 is 14.7 Å². The fourth-order valence-electron chi connectivity index (χ4n) is 1.76. The van der Waals surface area contributed by atoms with E-state index in [1.807, 2.05) is 13.0 Å². The fraction of sp³-hybridized carbons (Fsp3) is 0.154. The van der Waals surface area contributed by atoms with Crippen molar-refractivity contribution in [1.29, 1.82) is 0 Å². The Kier molecular flexibility index (Phi) is 3.34. The molecule has 3 rings (SSSR count). The van der Waals surface area contributed by atoms with Crippen molar-refractivity contribution in [2.75, 3.05) is 0 Å². The van der Waals surface area contributed by atoms with E-state index in [9.17, 15) is 4.79 Å². The SMILES string of the molecule is Cc1sc(-c2ccco2)nc1C(=O)NCc1ncc[nH]1. The molecule has 1 amide bonds. The number of amides is 1. The largest absolute Gasteiger partial charge is 0.462 e. The van der Waals surface area contributed by atoms with Crippen LogP contribution in [0.15, 0.2) is 35.2 Å². The predicted molar refractivity (Wildman–Crippen MR) is 74.3 cm³/mol. The molecule has 0 bridgehead atoms. The number of aromatic amines is 1. The number of carbonyl (C=O) groups excluding carboxylic acids is 1. The van der Waals surface area contributed by atoms with Crippen LogP contribution in [-0.4, -0.2) is 20.9 Å². The first kappa shape index (κ1) is 12.6. The van der Waals surface area contributed by atoms with Gasteiger partial charge in [0.15, 0.2) is 10.8 Å². The lowest BCUT2D eigenvalue weighted by molar-refractivity contribution is 0.0945. The third-order valence-electron chi connectivity index (χ3n) is 2.71. The van der Waals surface area contributed by atoms with Crippen LogP contribution in [0, 0.1) is 6.92 Å². The van der Waals surface area contributed by atoms with Crippen LogP contribution in [0.1, 0.15) is 21.2 Å². The first-order valence-corrected chi connectivity index (χ1v) is 6.83. The highest BCUT2D eigenvalue weighted by atomic mass is 32.1. The Balaban J connectivity index is 1.75. The van der Waals surface area contributed by atoms with Crippen molar-refractivity contribution >= 4 is 17.2 Å². The van der Waals surface area contributed by atoms with Crippen molar-refractivity contribution in [3.05, 3.63) is 47.2 Å². The van der Waals surface area contributed by atoms with Gasteiger partial charge in [-0.25, -0.2) is 9.97 Å². The molecule has 0 aliphatic rings. The monoisotopic (exact) mass is 288 g/mol. The molecule has 0 radical (unpaired) electrons. The van der Waals surface area contributed by atoms with Gasteiger partial charge in [0.1, 0.15) is 11.5 Å². The number of aromatic nitrogens is 3. The van der Waals surface area contributed by atoms with Gasteiger partial charge in [0, 0.05) is 17.3 Å². The highest BCUT2D eigenvalue weighted by Gasteiger charge is 2.17. The van der Waals surface area contributed by atoms with E-state index in [1.54, 1.807) is 24.7 Å². The van der Waals surface area contributed by atoms with Crippen molar-refractivity contribution in [3.63, 3.8) is 0 Å². The maximum absolute atomic E-state index is 12.1. The second kappa shape index (κ2) is 5.30. The van der Waals surface area contributed by atoms with Crippen LogP contribution < -0.4 is 5.32 Å². The Hall–Kier alpha value is -2.41. The van der Waals surface area contributed by atoms with Crippen molar-refractivity contribution in [3.8, 4) is 10.8 Å². The minimum absolute atomic E-state index is 0.215. The third-order valence-corrected chi connectivity index (χ3v) is 3.70. The zero-order chi connectivity index (χ0) is 13.9. The van der Waals surface area contributed by atoms with Crippen molar-refractivity contribution < 1.29 is 9.21 Å². The molecule has 0 spiro atoms. The number of H-pyrrole nitrogens is 1. The molecule has 0 unspecified atom stereocenters. The summed E-state index contributed by atoms with van der Waals surface area (Å²) in [6, 6.07) is 3.62.